The van der Waals surface area contributed by atoms with Crippen molar-refractivity contribution >= 4 is 28.3 Å². The Hall–Kier alpha value is -1.47. The fourth-order valence-electron chi connectivity index (χ4n) is 3.02. The Balaban J connectivity index is 1.33. The lowest BCUT2D eigenvalue weighted by Gasteiger charge is -2.25. The van der Waals surface area contributed by atoms with Gasteiger partial charge in [-0.2, -0.15) is 0 Å². The number of carbonyl (C=O) groups is 2. The normalized spacial score (nSPS) is 21.4. The van der Waals surface area contributed by atoms with Crippen LogP contribution in [0.4, 0.5) is 5.13 Å². The van der Waals surface area contributed by atoms with E-state index in [-0.39, 0.29) is 17.7 Å². The number of nitrogens with one attached hydrogen (secondary N) is 2. The largest absolute Gasteiger partial charge is 0.352 e. The molecule has 0 unspecified atom stereocenters. The fourth-order valence-corrected chi connectivity index (χ4v) is 4.07. The van der Waals surface area contributed by atoms with Crippen LogP contribution in [0.5, 0.6) is 0 Å². The third kappa shape index (κ3) is 3.55. The van der Waals surface area contributed by atoms with E-state index >= 15 is 0 Å². The molecule has 0 aromatic carbocycles. The van der Waals surface area contributed by atoms with E-state index in [4.69, 9.17) is 0 Å². The van der Waals surface area contributed by atoms with Gasteiger partial charge in [0.1, 0.15) is 0 Å². The van der Waals surface area contributed by atoms with Crippen molar-refractivity contribution in [2.75, 3.05) is 18.4 Å². The summed E-state index contributed by atoms with van der Waals surface area (Å²) in [6, 6.07) is 0.416. The first-order valence-electron chi connectivity index (χ1n) is 8.48. The Morgan fingerprint density at radius 2 is 2.09 bits per heavy atom. The van der Waals surface area contributed by atoms with Crippen LogP contribution in [0.15, 0.2) is 0 Å². The van der Waals surface area contributed by atoms with E-state index in [0.717, 1.165) is 62.4 Å². The van der Waals surface area contributed by atoms with Crippen molar-refractivity contribution in [1.29, 1.82) is 0 Å². The smallest absolute Gasteiger partial charge is 0.234 e. The summed E-state index contributed by atoms with van der Waals surface area (Å²) >= 11 is 1.56. The van der Waals surface area contributed by atoms with Crippen LogP contribution in [-0.2, 0) is 22.6 Å². The Morgan fingerprint density at radius 1 is 1.26 bits per heavy atom. The quantitative estimate of drug-likeness (QED) is 0.856. The second-order valence-electron chi connectivity index (χ2n) is 6.81. The zero-order chi connectivity index (χ0) is 15.8. The van der Waals surface area contributed by atoms with Crippen LogP contribution in [0, 0.1) is 5.92 Å². The molecule has 2 amide bonds. The van der Waals surface area contributed by atoms with E-state index in [2.05, 4.69) is 20.5 Å². The van der Waals surface area contributed by atoms with Crippen LogP contribution in [0.25, 0.3) is 0 Å². The maximum atomic E-state index is 12.0. The van der Waals surface area contributed by atoms with Gasteiger partial charge in [-0.05, 0) is 25.7 Å². The Morgan fingerprint density at radius 3 is 2.78 bits per heavy atom. The molecule has 0 radical (unpaired) electrons. The molecule has 0 bridgehead atoms. The Bertz CT molecular complexity index is 622. The second kappa shape index (κ2) is 6.20. The summed E-state index contributed by atoms with van der Waals surface area (Å²) in [5, 5.41) is 6.71. The highest BCUT2D eigenvalue weighted by atomic mass is 32.1. The van der Waals surface area contributed by atoms with E-state index in [1.807, 2.05) is 0 Å². The summed E-state index contributed by atoms with van der Waals surface area (Å²) in [6.45, 7) is 2.06. The lowest BCUT2D eigenvalue weighted by Crippen LogP contribution is -2.40. The van der Waals surface area contributed by atoms with Crippen LogP contribution >= 0.6 is 11.3 Å². The molecule has 3 aliphatic rings. The summed E-state index contributed by atoms with van der Waals surface area (Å²) < 4.78 is 0. The van der Waals surface area contributed by atoms with Crippen LogP contribution in [-0.4, -0.2) is 40.8 Å². The average molecular weight is 334 g/mol. The maximum absolute atomic E-state index is 12.0. The van der Waals surface area contributed by atoms with Crippen LogP contribution in [0.3, 0.4) is 0 Å². The third-order valence-corrected chi connectivity index (χ3v) is 5.82. The van der Waals surface area contributed by atoms with Gasteiger partial charge in [-0.25, -0.2) is 4.98 Å². The molecule has 6 nitrogen and oxygen atoms in total. The number of hydrogen-bond donors (Lipinski definition) is 2. The molecule has 2 aliphatic carbocycles. The molecule has 4 rings (SSSR count). The maximum Gasteiger partial charge on any atom is 0.234 e. The van der Waals surface area contributed by atoms with Gasteiger partial charge in [-0.1, -0.05) is 6.42 Å². The topological polar surface area (TPSA) is 74.3 Å². The lowest BCUT2D eigenvalue weighted by atomic mass is 9.85. The molecule has 124 valence electrons. The molecule has 23 heavy (non-hydrogen) atoms. The number of carbonyl (C=O) groups excluding carboxylic acids is 2. The van der Waals surface area contributed by atoms with Gasteiger partial charge in [0, 0.05) is 36.3 Å². The van der Waals surface area contributed by atoms with Gasteiger partial charge in [0.25, 0.3) is 0 Å². The van der Waals surface area contributed by atoms with Crippen molar-refractivity contribution in [1.82, 2.24) is 15.2 Å². The van der Waals surface area contributed by atoms with Crippen molar-refractivity contribution in [2.24, 2.45) is 5.92 Å². The molecule has 1 aromatic rings. The molecule has 2 saturated carbocycles. The molecule has 0 spiro atoms. The number of aromatic nitrogens is 1. The summed E-state index contributed by atoms with van der Waals surface area (Å²) in [7, 11) is 0. The summed E-state index contributed by atoms with van der Waals surface area (Å²) in [5.74, 6) is 0.417. The third-order valence-electron chi connectivity index (χ3n) is 4.83. The number of rotatable bonds is 5. The second-order valence-corrected chi connectivity index (χ2v) is 7.89. The summed E-state index contributed by atoms with van der Waals surface area (Å²) in [4.78, 5) is 31.8. The Kier molecular flexibility index (Phi) is 4.07. The van der Waals surface area contributed by atoms with Gasteiger partial charge in [-0.15, -0.1) is 11.3 Å². The van der Waals surface area contributed by atoms with Gasteiger partial charge >= 0.3 is 0 Å². The summed E-state index contributed by atoms with van der Waals surface area (Å²) in [6.07, 6.45) is 6.25. The van der Waals surface area contributed by atoms with Crippen LogP contribution in [0.1, 0.15) is 42.7 Å². The monoisotopic (exact) mass is 334 g/mol. The van der Waals surface area contributed by atoms with E-state index in [1.54, 1.807) is 11.3 Å². The van der Waals surface area contributed by atoms with Gasteiger partial charge in [0.2, 0.25) is 11.8 Å². The number of nitrogens with zero attached hydrogens (tertiary/aromatic N) is 2. The number of anilines is 1. The lowest BCUT2D eigenvalue weighted by molar-refractivity contribution is -0.123. The summed E-state index contributed by atoms with van der Waals surface area (Å²) in [5.41, 5.74) is 1.08. The van der Waals surface area contributed by atoms with Crippen molar-refractivity contribution in [2.45, 2.75) is 51.1 Å². The van der Waals surface area contributed by atoms with Crippen molar-refractivity contribution in [3.8, 4) is 0 Å². The average Bonchev–Trinajstić information content (AvgIpc) is 3.14. The highest BCUT2D eigenvalue weighted by Crippen LogP contribution is 2.31. The van der Waals surface area contributed by atoms with Crippen LogP contribution in [0.2, 0.25) is 0 Å². The van der Waals surface area contributed by atoms with Gasteiger partial charge in [0.15, 0.2) is 5.13 Å². The first-order chi connectivity index (χ1) is 11.2. The standard InChI is InChI=1S/C16H22N4O2S/c21-14(17-11-4-5-11)9-20-7-6-12-13(8-20)23-16(18-12)19-15(22)10-2-1-3-10/h10-11H,1-9H2,(H,17,21)(H,18,19,22). The highest BCUT2D eigenvalue weighted by Gasteiger charge is 2.28. The number of fused-ring (bicyclic) bond motifs is 1. The molecule has 1 aromatic heterocycles. The minimum Gasteiger partial charge on any atom is -0.352 e. The molecule has 2 fully saturated rings. The zero-order valence-corrected chi connectivity index (χ0v) is 14.0. The SMILES string of the molecule is O=C(CN1CCc2nc(NC(=O)C3CCC3)sc2C1)NC1CC1. The number of thiazole rings is 1. The first-order valence-corrected chi connectivity index (χ1v) is 9.30. The molecular weight excluding hydrogens is 312 g/mol. The minimum atomic E-state index is 0.114. The van der Waals surface area contributed by atoms with Crippen molar-refractivity contribution < 1.29 is 9.59 Å². The predicted molar refractivity (Wildman–Crippen MR) is 88.2 cm³/mol. The number of amides is 2. The van der Waals surface area contributed by atoms with E-state index < -0.39 is 0 Å². The molecular formula is C16H22N4O2S. The van der Waals surface area contributed by atoms with Gasteiger partial charge < -0.3 is 10.6 Å². The molecule has 0 saturated heterocycles. The minimum absolute atomic E-state index is 0.114. The number of hydrogen-bond acceptors (Lipinski definition) is 5. The van der Waals surface area contributed by atoms with Crippen molar-refractivity contribution in [3.63, 3.8) is 0 Å². The van der Waals surface area contributed by atoms with E-state index in [0.29, 0.717) is 12.6 Å². The molecule has 2 heterocycles. The van der Waals surface area contributed by atoms with Crippen LogP contribution < -0.4 is 10.6 Å². The highest BCUT2D eigenvalue weighted by molar-refractivity contribution is 7.15. The van der Waals surface area contributed by atoms with E-state index in [1.165, 1.54) is 4.88 Å². The van der Waals surface area contributed by atoms with Crippen molar-refractivity contribution in [3.05, 3.63) is 10.6 Å². The molecule has 0 atom stereocenters. The predicted octanol–water partition coefficient (Wildman–Crippen LogP) is 1.52. The van der Waals surface area contributed by atoms with E-state index in [9.17, 15) is 9.59 Å². The fraction of sp³-hybridized carbons (Fsp3) is 0.688. The zero-order valence-electron chi connectivity index (χ0n) is 13.1. The molecule has 1 aliphatic heterocycles. The van der Waals surface area contributed by atoms with Gasteiger partial charge in [0.05, 0.1) is 12.2 Å². The van der Waals surface area contributed by atoms with Gasteiger partial charge in [-0.3, -0.25) is 14.5 Å². The Labute approximate surface area is 139 Å². The molecule has 7 heteroatoms. The molecule has 2 N–H and O–H groups in total. The first kappa shape index (κ1) is 15.1.